The molecule has 8 nitrogen and oxygen atoms in total. The van der Waals surface area contributed by atoms with Crippen molar-refractivity contribution in [3.63, 3.8) is 0 Å². The number of ether oxygens (including phenoxy) is 2. The Labute approximate surface area is 208 Å². The molecule has 0 unspecified atom stereocenters. The molecule has 0 radical (unpaired) electrons. The zero-order chi connectivity index (χ0) is 24.1. The van der Waals surface area contributed by atoms with Crippen molar-refractivity contribution in [1.82, 2.24) is 19.0 Å². The van der Waals surface area contributed by atoms with Crippen LogP contribution in [0.2, 0.25) is 5.02 Å². The normalized spacial score (nSPS) is 17.8. The van der Waals surface area contributed by atoms with Gasteiger partial charge >= 0.3 is 0 Å². The summed E-state index contributed by atoms with van der Waals surface area (Å²) in [5.41, 5.74) is 10.3. The summed E-state index contributed by atoms with van der Waals surface area (Å²) >= 11 is 6.61. The number of nitrogens with zero attached hydrogens (tertiary/aromatic N) is 4. The zero-order valence-electron chi connectivity index (χ0n) is 19.7. The molecule has 6 rings (SSSR count). The second-order valence-corrected chi connectivity index (χ2v) is 9.69. The molecule has 4 aromatic rings. The van der Waals surface area contributed by atoms with Crippen molar-refractivity contribution in [2.24, 2.45) is 5.73 Å². The first-order chi connectivity index (χ1) is 17.0. The van der Waals surface area contributed by atoms with E-state index in [1.54, 1.807) is 7.11 Å². The number of aromatic nitrogens is 3. The molecule has 9 heteroatoms. The standard InChI is InChI=1S/C26H28ClN5O3/c1-34-10-8-31-21(13-16-4-2-6-19(27)23(16)31)25-29-20-12-17(14-22-24(20)32(25)9-11-35-22)26(33)30-7-3-5-18(28)15-30/h2,4,6,12-14,18H,3,5,7-11,15,28H2,1H3/t18-/m1/s1. The average Bonchev–Trinajstić information content (AvgIpc) is 3.42. The molecule has 0 aliphatic carbocycles. The van der Waals surface area contributed by atoms with Crippen molar-refractivity contribution < 1.29 is 14.3 Å². The lowest BCUT2D eigenvalue weighted by atomic mass is 10.0. The number of nitrogens with two attached hydrogens (primary N) is 1. The van der Waals surface area contributed by atoms with Gasteiger partial charge in [-0.05, 0) is 37.1 Å². The number of likely N-dealkylation sites (tertiary alicyclic amines) is 1. The number of amides is 1. The number of methoxy groups -OCH3 is 1. The van der Waals surface area contributed by atoms with Crippen LogP contribution in [0, 0.1) is 0 Å². The highest BCUT2D eigenvalue weighted by Crippen LogP contribution is 2.38. The van der Waals surface area contributed by atoms with E-state index in [1.165, 1.54) is 0 Å². The maximum atomic E-state index is 13.3. The Bertz CT molecular complexity index is 1440. The maximum absolute atomic E-state index is 13.3. The predicted molar refractivity (Wildman–Crippen MR) is 136 cm³/mol. The molecule has 0 saturated carbocycles. The molecule has 2 aliphatic rings. The van der Waals surface area contributed by atoms with Gasteiger partial charge < -0.3 is 29.2 Å². The van der Waals surface area contributed by atoms with Gasteiger partial charge in [-0.3, -0.25) is 4.79 Å². The van der Waals surface area contributed by atoms with Gasteiger partial charge in [-0.25, -0.2) is 4.98 Å². The van der Waals surface area contributed by atoms with Crippen molar-refractivity contribution in [2.75, 3.05) is 33.4 Å². The minimum absolute atomic E-state index is 0.0236. The summed E-state index contributed by atoms with van der Waals surface area (Å²) < 4.78 is 15.8. The van der Waals surface area contributed by atoms with Crippen LogP contribution >= 0.6 is 11.6 Å². The summed E-state index contributed by atoms with van der Waals surface area (Å²) in [5, 5.41) is 1.74. The second kappa shape index (κ2) is 8.86. The first-order valence-electron chi connectivity index (χ1n) is 12.0. The van der Waals surface area contributed by atoms with E-state index in [-0.39, 0.29) is 11.9 Å². The average molecular weight is 494 g/mol. The molecule has 1 saturated heterocycles. The molecule has 2 N–H and O–H groups in total. The van der Waals surface area contributed by atoms with Gasteiger partial charge in [-0.1, -0.05) is 23.7 Å². The highest BCUT2D eigenvalue weighted by molar-refractivity contribution is 6.35. The number of piperidine rings is 1. The number of carbonyl (C=O) groups excluding carboxylic acids is 1. The Morgan fingerprint density at radius 2 is 2.14 bits per heavy atom. The SMILES string of the molecule is COCCn1c(-c2nc3cc(C(=O)N4CCC[C@@H](N)C4)cc4c3n2CCO4)cc2cccc(Cl)c21. The molecule has 35 heavy (non-hydrogen) atoms. The summed E-state index contributed by atoms with van der Waals surface area (Å²) in [7, 11) is 1.69. The molecule has 1 amide bonds. The molecule has 1 fully saturated rings. The first kappa shape index (κ1) is 22.4. The smallest absolute Gasteiger partial charge is 0.254 e. The van der Waals surface area contributed by atoms with Crippen LogP contribution < -0.4 is 10.5 Å². The van der Waals surface area contributed by atoms with Gasteiger partial charge in [0, 0.05) is 43.7 Å². The number of fused-ring (bicyclic) bond motifs is 1. The molecule has 182 valence electrons. The van der Waals surface area contributed by atoms with Crippen LogP contribution in [0.15, 0.2) is 36.4 Å². The molecule has 2 aromatic heterocycles. The quantitative estimate of drug-likeness (QED) is 0.455. The highest BCUT2D eigenvalue weighted by Gasteiger charge is 2.28. The van der Waals surface area contributed by atoms with E-state index in [4.69, 9.17) is 31.8 Å². The summed E-state index contributed by atoms with van der Waals surface area (Å²) in [4.78, 5) is 20.2. The Kier molecular flexibility index (Phi) is 5.67. The summed E-state index contributed by atoms with van der Waals surface area (Å²) in [5.74, 6) is 1.50. The van der Waals surface area contributed by atoms with E-state index in [9.17, 15) is 4.79 Å². The van der Waals surface area contributed by atoms with E-state index >= 15 is 0 Å². The van der Waals surface area contributed by atoms with E-state index in [0.717, 1.165) is 52.8 Å². The van der Waals surface area contributed by atoms with Gasteiger partial charge in [0.25, 0.3) is 5.91 Å². The fourth-order valence-electron chi connectivity index (χ4n) is 5.38. The van der Waals surface area contributed by atoms with Crippen LogP contribution in [0.4, 0.5) is 0 Å². The molecule has 2 aliphatic heterocycles. The number of rotatable bonds is 5. The van der Waals surface area contributed by atoms with Crippen molar-refractivity contribution in [2.45, 2.75) is 32.0 Å². The van der Waals surface area contributed by atoms with Crippen molar-refractivity contribution in [3.8, 4) is 17.3 Å². The lowest BCUT2D eigenvalue weighted by Crippen LogP contribution is -2.45. The monoisotopic (exact) mass is 493 g/mol. The Morgan fingerprint density at radius 1 is 1.26 bits per heavy atom. The molecule has 1 atom stereocenters. The predicted octanol–water partition coefficient (Wildman–Crippen LogP) is 3.91. The Balaban J connectivity index is 1.50. The molecular formula is C26H28ClN5O3. The van der Waals surface area contributed by atoms with Gasteiger partial charge in [0.05, 0.1) is 34.9 Å². The number of carbonyl (C=O) groups is 1. The third-order valence-electron chi connectivity index (χ3n) is 6.99. The minimum Gasteiger partial charge on any atom is -0.489 e. The van der Waals surface area contributed by atoms with Gasteiger partial charge in [-0.15, -0.1) is 0 Å². The fourth-order valence-corrected chi connectivity index (χ4v) is 5.66. The third kappa shape index (κ3) is 3.76. The number of para-hydroxylation sites is 1. The van der Waals surface area contributed by atoms with Crippen LogP contribution in [-0.2, 0) is 17.8 Å². The van der Waals surface area contributed by atoms with Gasteiger partial charge in [-0.2, -0.15) is 0 Å². The lowest BCUT2D eigenvalue weighted by molar-refractivity contribution is 0.0708. The molecule has 2 aromatic carbocycles. The number of benzene rings is 2. The highest BCUT2D eigenvalue weighted by atomic mass is 35.5. The molecular weight excluding hydrogens is 466 g/mol. The minimum atomic E-state index is -0.0236. The van der Waals surface area contributed by atoms with Crippen LogP contribution in [-0.4, -0.2) is 64.4 Å². The fraction of sp³-hybridized carbons (Fsp3) is 0.385. The van der Waals surface area contributed by atoms with E-state index in [1.807, 2.05) is 29.2 Å². The second-order valence-electron chi connectivity index (χ2n) is 9.28. The van der Waals surface area contributed by atoms with Crippen LogP contribution in [0.25, 0.3) is 33.5 Å². The van der Waals surface area contributed by atoms with E-state index in [2.05, 4.69) is 21.3 Å². The zero-order valence-corrected chi connectivity index (χ0v) is 20.4. The maximum Gasteiger partial charge on any atom is 0.254 e. The first-order valence-corrected chi connectivity index (χ1v) is 12.4. The van der Waals surface area contributed by atoms with Crippen LogP contribution in [0.3, 0.4) is 0 Å². The summed E-state index contributed by atoms with van der Waals surface area (Å²) in [6, 6.07) is 11.8. The topological polar surface area (TPSA) is 87.5 Å². The Morgan fingerprint density at radius 3 is 2.97 bits per heavy atom. The van der Waals surface area contributed by atoms with Crippen molar-refractivity contribution >= 4 is 39.4 Å². The number of hydrogen-bond donors (Lipinski definition) is 1. The molecule has 0 spiro atoms. The number of halogens is 1. The van der Waals surface area contributed by atoms with Gasteiger partial charge in [0.2, 0.25) is 0 Å². The molecule has 0 bridgehead atoms. The van der Waals surface area contributed by atoms with Crippen molar-refractivity contribution in [1.29, 1.82) is 0 Å². The lowest BCUT2D eigenvalue weighted by Gasteiger charge is -2.31. The van der Waals surface area contributed by atoms with Crippen LogP contribution in [0.1, 0.15) is 23.2 Å². The summed E-state index contributed by atoms with van der Waals surface area (Å²) in [6.07, 6.45) is 1.87. The van der Waals surface area contributed by atoms with E-state index in [0.29, 0.717) is 49.2 Å². The van der Waals surface area contributed by atoms with Crippen LogP contribution in [0.5, 0.6) is 5.75 Å². The number of hydrogen-bond acceptors (Lipinski definition) is 5. The van der Waals surface area contributed by atoms with Crippen molar-refractivity contribution in [3.05, 3.63) is 47.0 Å². The number of imidazole rings is 1. The largest absolute Gasteiger partial charge is 0.489 e. The summed E-state index contributed by atoms with van der Waals surface area (Å²) in [6.45, 7) is 3.68. The molecule has 4 heterocycles. The third-order valence-corrected chi connectivity index (χ3v) is 7.30. The van der Waals surface area contributed by atoms with E-state index < -0.39 is 0 Å². The Hall–Kier alpha value is -3.07. The van der Waals surface area contributed by atoms with Gasteiger partial charge in [0.15, 0.2) is 5.82 Å². The van der Waals surface area contributed by atoms with Gasteiger partial charge in [0.1, 0.15) is 17.9 Å².